The molecule has 7 heteroatoms. The lowest BCUT2D eigenvalue weighted by Crippen LogP contribution is -2.30. The highest BCUT2D eigenvalue weighted by Crippen LogP contribution is 2.41. The molecule has 1 aliphatic rings. The van der Waals surface area contributed by atoms with Crippen LogP contribution >= 0.6 is 15.9 Å². The fraction of sp³-hybridized carbons (Fsp3) is 0.462. The molecule has 1 aromatic rings. The lowest BCUT2D eigenvalue weighted by molar-refractivity contribution is -0.0829. The predicted octanol–water partition coefficient (Wildman–Crippen LogP) is 2.91. The molecule has 2 rings (SSSR count). The van der Waals surface area contributed by atoms with Crippen molar-refractivity contribution in [2.45, 2.75) is 18.9 Å². The first-order valence-corrected chi connectivity index (χ1v) is 6.93. The number of aliphatic imine (C=N–C) groups is 1. The SMILES string of the molecule is CCOc1ccc(Br)cc1C1N=C(N)COCC1(F)F. The van der Waals surface area contributed by atoms with E-state index in [-0.39, 0.29) is 12.4 Å². The average Bonchev–Trinajstić information content (AvgIpc) is 2.50. The molecule has 0 bridgehead atoms. The van der Waals surface area contributed by atoms with Crippen LogP contribution in [0.2, 0.25) is 0 Å². The third kappa shape index (κ3) is 3.27. The van der Waals surface area contributed by atoms with Gasteiger partial charge in [-0.1, -0.05) is 15.9 Å². The summed E-state index contributed by atoms with van der Waals surface area (Å²) in [5, 5.41) is 0. The van der Waals surface area contributed by atoms with E-state index in [1.54, 1.807) is 25.1 Å². The zero-order valence-corrected chi connectivity index (χ0v) is 12.5. The maximum atomic E-state index is 14.2. The van der Waals surface area contributed by atoms with Gasteiger partial charge in [-0.3, -0.25) is 4.99 Å². The van der Waals surface area contributed by atoms with Gasteiger partial charge >= 0.3 is 0 Å². The van der Waals surface area contributed by atoms with Crippen LogP contribution < -0.4 is 10.5 Å². The van der Waals surface area contributed by atoms with E-state index >= 15 is 0 Å². The van der Waals surface area contributed by atoms with Crippen LogP contribution in [-0.2, 0) is 4.74 Å². The molecule has 0 saturated heterocycles. The van der Waals surface area contributed by atoms with Gasteiger partial charge in [0.1, 0.15) is 30.8 Å². The van der Waals surface area contributed by atoms with E-state index in [2.05, 4.69) is 20.9 Å². The highest BCUT2D eigenvalue weighted by atomic mass is 79.9. The first kappa shape index (κ1) is 15.2. The van der Waals surface area contributed by atoms with Crippen LogP contribution in [0.3, 0.4) is 0 Å². The second kappa shape index (κ2) is 6.05. The number of alkyl halides is 2. The number of rotatable bonds is 3. The molecule has 110 valence electrons. The van der Waals surface area contributed by atoms with Gasteiger partial charge in [0.25, 0.3) is 5.92 Å². The predicted molar refractivity (Wildman–Crippen MR) is 75.4 cm³/mol. The Bertz CT molecular complexity index is 523. The zero-order chi connectivity index (χ0) is 14.8. The summed E-state index contributed by atoms with van der Waals surface area (Å²) in [6.45, 7) is 1.35. The lowest BCUT2D eigenvalue weighted by Gasteiger charge is -2.24. The fourth-order valence-corrected chi connectivity index (χ4v) is 2.36. The summed E-state index contributed by atoms with van der Waals surface area (Å²) in [5.74, 6) is -2.72. The smallest absolute Gasteiger partial charge is 0.297 e. The van der Waals surface area contributed by atoms with Crippen molar-refractivity contribution >= 4 is 21.8 Å². The van der Waals surface area contributed by atoms with E-state index in [0.29, 0.717) is 22.4 Å². The second-order valence-corrected chi connectivity index (χ2v) is 5.31. The normalized spacial score (nSPS) is 22.0. The Hall–Kier alpha value is -1.21. The Morgan fingerprint density at radius 2 is 2.30 bits per heavy atom. The second-order valence-electron chi connectivity index (χ2n) is 4.39. The Balaban J connectivity index is 2.51. The van der Waals surface area contributed by atoms with Gasteiger partial charge < -0.3 is 15.2 Å². The minimum atomic E-state index is -3.15. The van der Waals surface area contributed by atoms with E-state index in [0.717, 1.165) is 0 Å². The maximum Gasteiger partial charge on any atom is 0.297 e. The molecule has 0 aromatic heterocycles. The molecule has 4 nitrogen and oxygen atoms in total. The van der Waals surface area contributed by atoms with Crippen LogP contribution in [0, 0.1) is 0 Å². The molecule has 1 heterocycles. The van der Waals surface area contributed by atoms with Crippen molar-refractivity contribution in [1.82, 2.24) is 0 Å². The molecule has 0 aliphatic carbocycles. The summed E-state index contributed by atoms with van der Waals surface area (Å²) >= 11 is 3.27. The Morgan fingerprint density at radius 1 is 1.55 bits per heavy atom. The van der Waals surface area contributed by atoms with Crippen molar-refractivity contribution in [2.24, 2.45) is 10.7 Å². The molecule has 0 radical (unpaired) electrons. The Morgan fingerprint density at radius 3 is 3.00 bits per heavy atom. The first-order chi connectivity index (χ1) is 9.44. The van der Waals surface area contributed by atoms with E-state index in [9.17, 15) is 8.78 Å². The van der Waals surface area contributed by atoms with Crippen LogP contribution in [0.1, 0.15) is 18.5 Å². The number of halogens is 3. The summed E-state index contributed by atoms with van der Waals surface area (Å²) in [5.41, 5.74) is 5.88. The van der Waals surface area contributed by atoms with Gasteiger partial charge in [-0.25, -0.2) is 8.78 Å². The molecule has 2 N–H and O–H groups in total. The summed E-state index contributed by atoms with van der Waals surface area (Å²) in [6.07, 6.45) is 0. The van der Waals surface area contributed by atoms with Crippen LogP contribution in [0.4, 0.5) is 8.78 Å². The molecule has 0 spiro atoms. The van der Waals surface area contributed by atoms with Crippen molar-refractivity contribution in [3.8, 4) is 5.75 Å². The van der Waals surface area contributed by atoms with Crippen LogP contribution in [0.15, 0.2) is 27.7 Å². The standard InChI is InChI=1S/C13H15BrF2N2O2/c1-2-20-10-4-3-8(14)5-9(10)12-13(15,16)7-19-6-11(17)18-12/h3-5,12H,2,6-7H2,1H3,(H2,17,18). The van der Waals surface area contributed by atoms with Gasteiger partial charge in [-0.2, -0.15) is 0 Å². The zero-order valence-electron chi connectivity index (χ0n) is 10.9. The molecule has 0 saturated carbocycles. The highest BCUT2D eigenvalue weighted by Gasteiger charge is 2.44. The van der Waals surface area contributed by atoms with Gasteiger partial charge in [0.2, 0.25) is 0 Å². The third-order valence-corrected chi connectivity index (χ3v) is 3.30. The first-order valence-electron chi connectivity index (χ1n) is 6.14. The summed E-state index contributed by atoms with van der Waals surface area (Å²) in [7, 11) is 0. The number of nitrogens with zero attached hydrogens (tertiary/aromatic N) is 1. The van der Waals surface area contributed by atoms with E-state index in [1.807, 2.05) is 0 Å². The number of hydrogen-bond acceptors (Lipinski definition) is 4. The van der Waals surface area contributed by atoms with Crippen LogP contribution in [-0.4, -0.2) is 31.6 Å². The molecule has 0 fully saturated rings. The van der Waals surface area contributed by atoms with Gasteiger partial charge in [0, 0.05) is 10.0 Å². The molecular weight excluding hydrogens is 334 g/mol. The number of amidine groups is 1. The van der Waals surface area contributed by atoms with Crippen molar-refractivity contribution in [1.29, 1.82) is 0 Å². The summed E-state index contributed by atoms with van der Waals surface area (Å²) in [4.78, 5) is 3.90. The molecule has 1 unspecified atom stereocenters. The third-order valence-electron chi connectivity index (χ3n) is 2.81. The van der Waals surface area contributed by atoms with E-state index in [4.69, 9.17) is 15.2 Å². The quantitative estimate of drug-likeness (QED) is 0.913. The summed E-state index contributed by atoms with van der Waals surface area (Å²) in [6, 6.07) is 3.53. The molecule has 1 aromatic carbocycles. The van der Waals surface area contributed by atoms with Crippen molar-refractivity contribution in [3.63, 3.8) is 0 Å². The van der Waals surface area contributed by atoms with Gasteiger partial charge in [0.15, 0.2) is 0 Å². The van der Waals surface area contributed by atoms with Crippen molar-refractivity contribution in [2.75, 3.05) is 19.8 Å². The molecule has 20 heavy (non-hydrogen) atoms. The largest absolute Gasteiger partial charge is 0.494 e. The van der Waals surface area contributed by atoms with Crippen molar-refractivity contribution in [3.05, 3.63) is 28.2 Å². The Labute approximate surface area is 124 Å². The van der Waals surface area contributed by atoms with E-state index in [1.165, 1.54) is 0 Å². The van der Waals surface area contributed by atoms with Crippen LogP contribution in [0.25, 0.3) is 0 Å². The molecular formula is C13H15BrF2N2O2. The molecule has 0 amide bonds. The number of ether oxygens (including phenoxy) is 2. The lowest BCUT2D eigenvalue weighted by atomic mass is 10.0. The topological polar surface area (TPSA) is 56.8 Å². The van der Waals surface area contributed by atoms with E-state index < -0.39 is 18.6 Å². The number of hydrogen-bond donors (Lipinski definition) is 1. The highest BCUT2D eigenvalue weighted by molar-refractivity contribution is 9.10. The number of benzene rings is 1. The maximum absolute atomic E-state index is 14.2. The average molecular weight is 349 g/mol. The van der Waals surface area contributed by atoms with Crippen LogP contribution in [0.5, 0.6) is 5.75 Å². The minimum Gasteiger partial charge on any atom is -0.494 e. The Kier molecular flexibility index (Phi) is 4.59. The number of nitrogens with two attached hydrogens (primary N) is 1. The van der Waals surface area contributed by atoms with Gasteiger partial charge in [-0.15, -0.1) is 0 Å². The van der Waals surface area contributed by atoms with Gasteiger partial charge in [0.05, 0.1) is 6.61 Å². The minimum absolute atomic E-state index is 0.0506. The molecule has 1 atom stereocenters. The molecule has 1 aliphatic heterocycles. The summed E-state index contributed by atoms with van der Waals surface area (Å²) < 4.78 is 39.3. The van der Waals surface area contributed by atoms with Crippen molar-refractivity contribution < 1.29 is 18.3 Å². The fourth-order valence-electron chi connectivity index (χ4n) is 1.99. The monoisotopic (exact) mass is 348 g/mol. The van der Waals surface area contributed by atoms with Gasteiger partial charge in [-0.05, 0) is 25.1 Å².